The van der Waals surface area contributed by atoms with Crippen molar-refractivity contribution in [3.8, 4) is 0 Å². The van der Waals surface area contributed by atoms with Gasteiger partial charge in [0, 0.05) is 11.3 Å². The Morgan fingerprint density at radius 1 is 1.62 bits per heavy atom. The van der Waals surface area contributed by atoms with E-state index >= 15 is 0 Å². The molecule has 2 unspecified atom stereocenters. The maximum absolute atomic E-state index is 5.70. The summed E-state index contributed by atoms with van der Waals surface area (Å²) in [4.78, 5) is 0. The number of rotatable bonds is 0. The van der Waals surface area contributed by atoms with E-state index in [9.17, 15) is 0 Å². The first kappa shape index (κ1) is 6.43. The van der Waals surface area contributed by atoms with Crippen LogP contribution >= 0.6 is 12.6 Å². The van der Waals surface area contributed by atoms with E-state index in [0.717, 1.165) is 6.42 Å². The van der Waals surface area contributed by atoms with E-state index in [1.807, 2.05) is 0 Å². The lowest BCUT2D eigenvalue weighted by Crippen LogP contribution is -2.55. The van der Waals surface area contributed by atoms with E-state index in [1.165, 1.54) is 0 Å². The summed E-state index contributed by atoms with van der Waals surface area (Å²) in [5, 5.41) is 0.525. The topological polar surface area (TPSA) is 26.0 Å². The van der Waals surface area contributed by atoms with Gasteiger partial charge >= 0.3 is 0 Å². The first-order chi connectivity index (χ1) is 3.55. The molecule has 0 spiro atoms. The zero-order valence-electron chi connectivity index (χ0n) is 5.39. The van der Waals surface area contributed by atoms with E-state index < -0.39 is 0 Å². The van der Waals surface area contributed by atoms with Gasteiger partial charge in [0.05, 0.1) is 0 Å². The molecule has 1 saturated carbocycles. The van der Waals surface area contributed by atoms with Crippen LogP contribution in [-0.4, -0.2) is 11.3 Å². The Hall–Kier alpha value is 0.310. The summed E-state index contributed by atoms with van der Waals surface area (Å²) in [6.07, 6.45) is 1.08. The Morgan fingerprint density at radius 3 is 2.12 bits per heavy atom. The molecule has 1 aliphatic rings. The Labute approximate surface area is 56.1 Å². The first-order valence-electron chi connectivity index (χ1n) is 2.99. The SMILES string of the molecule is CC1(C)C(N)CC1S. The van der Waals surface area contributed by atoms with Crippen molar-refractivity contribution >= 4 is 12.6 Å². The summed E-state index contributed by atoms with van der Waals surface area (Å²) >= 11 is 4.34. The minimum Gasteiger partial charge on any atom is -0.327 e. The van der Waals surface area contributed by atoms with Crippen LogP contribution in [0.15, 0.2) is 0 Å². The van der Waals surface area contributed by atoms with Crippen LogP contribution in [0.5, 0.6) is 0 Å². The molecular weight excluding hydrogens is 118 g/mol. The second-order valence-corrected chi connectivity index (χ2v) is 3.80. The van der Waals surface area contributed by atoms with E-state index in [2.05, 4.69) is 26.5 Å². The standard InChI is InChI=1S/C6H13NS/c1-6(2)4(7)3-5(6)8/h4-5,8H,3,7H2,1-2H3. The van der Waals surface area contributed by atoms with Crippen LogP contribution in [0.1, 0.15) is 20.3 Å². The molecular formula is C6H13NS. The fourth-order valence-corrected chi connectivity index (χ4v) is 1.35. The molecule has 2 heteroatoms. The largest absolute Gasteiger partial charge is 0.327 e. The molecule has 1 nitrogen and oxygen atoms in total. The lowest BCUT2D eigenvalue weighted by molar-refractivity contribution is 0.158. The summed E-state index contributed by atoms with van der Waals surface area (Å²) in [6.45, 7) is 4.33. The highest BCUT2D eigenvalue weighted by atomic mass is 32.1. The highest BCUT2D eigenvalue weighted by Crippen LogP contribution is 2.42. The van der Waals surface area contributed by atoms with Gasteiger partial charge in [-0.2, -0.15) is 12.6 Å². The van der Waals surface area contributed by atoms with Crippen LogP contribution in [0.25, 0.3) is 0 Å². The molecule has 1 rings (SSSR count). The zero-order valence-corrected chi connectivity index (χ0v) is 6.28. The van der Waals surface area contributed by atoms with Crippen molar-refractivity contribution in [2.45, 2.75) is 31.6 Å². The molecule has 48 valence electrons. The monoisotopic (exact) mass is 131 g/mol. The van der Waals surface area contributed by atoms with E-state index in [-0.39, 0.29) is 5.41 Å². The second kappa shape index (κ2) is 1.64. The van der Waals surface area contributed by atoms with Gasteiger partial charge in [0.25, 0.3) is 0 Å². The number of hydrogen-bond donors (Lipinski definition) is 2. The number of thiol groups is 1. The first-order valence-corrected chi connectivity index (χ1v) is 3.50. The van der Waals surface area contributed by atoms with Gasteiger partial charge in [-0.05, 0) is 11.8 Å². The molecule has 0 aromatic rings. The van der Waals surface area contributed by atoms with Crippen LogP contribution in [0, 0.1) is 5.41 Å². The highest BCUT2D eigenvalue weighted by Gasteiger charge is 2.43. The van der Waals surface area contributed by atoms with Crippen LogP contribution in [0.3, 0.4) is 0 Å². The van der Waals surface area contributed by atoms with Gasteiger partial charge < -0.3 is 5.73 Å². The van der Waals surface area contributed by atoms with Crippen LogP contribution in [0.2, 0.25) is 0 Å². The minimum absolute atomic E-state index is 0.281. The van der Waals surface area contributed by atoms with Crippen molar-refractivity contribution in [2.75, 3.05) is 0 Å². The normalized spacial score (nSPS) is 43.5. The van der Waals surface area contributed by atoms with E-state index in [1.54, 1.807) is 0 Å². The molecule has 1 aliphatic carbocycles. The molecule has 0 heterocycles. The van der Waals surface area contributed by atoms with Gasteiger partial charge in [0.15, 0.2) is 0 Å². The third-order valence-corrected chi connectivity index (χ3v) is 3.17. The van der Waals surface area contributed by atoms with Gasteiger partial charge in [-0.1, -0.05) is 13.8 Å². The Balaban J connectivity index is 2.52. The van der Waals surface area contributed by atoms with Crippen molar-refractivity contribution in [3.63, 3.8) is 0 Å². The molecule has 2 atom stereocenters. The maximum atomic E-state index is 5.70. The van der Waals surface area contributed by atoms with Gasteiger partial charge in [-0.15, -0.1) is 0 Å². The fourth-order valence-electron chi connectivity index (χ4n) is 0.935. The van der Waals surface area contributed by atoms with Crippen molar-refractivity contribution in [2.24, 2.45) is 11.1 Å². The summed E-state index contributed by atoms with van der Waals surface area (Å²) in [7, 11) is 0. The molecule has 0 aromatic carbocycles. The minimum atomic E-state index is 0.281. The molecule has 8 heavy (non-hydrogen) atoms. The second-order valence-electron chi connectivity index (χ2n) is 3.18. The summed E-state index contributed by atoms with van der Waals surface area (Å²) < 4.78 is 0. The fraction of sp³-hybridized carbons (Fsp3) is 1.00. The van der Waals surface area contributed by atoms with E-state index in [4.69, 9.17) is 5.73 Å². The molecule has 0 aliphatic heterocycles. The van der Waals surface area contributed by atoms with Crippen LogP contribution < -0.4 is 5.73 Å². The number of hydrogen-bond acceptors (Lipinski definition) is 2. The summed E-state index contributed by atoms with van der Waals surface area (Å²) in [6, 6.07) is 0.380. The Kier molecular flexibility index (Phi) is 1.32. The summed E-state index contributed by atoms with van der Waals surface area (Å²) in [5.74, 6) is 0. The van der Waals surface area contributed by atoms with E-state index in [0.29, 0.717) is 11.3 Å². The number of nitrogens with two attached hydrogens (primary N) is 1. The quantitative estimate of drug-likeness (QED) is 0.472. The lowest BCUT2D eigenvalue weighted by Gasteiger charge is -2.47. The Morgan fingerprint density at radius 2 is 2.12 bits per heavy atom. The van der Waals surface area contributed by atoms with Crippen molar-refractivity contribution in [1.82, 2.24) is 0 Å². The van der Waals surface area contributed by atoms with Crippen LogP contribution in [0.4, 0.5) is 0 Å². The maximum Gasteiger partial charge on any atom is 0.0111 e. The summed E-state index contributed by atoms with van der Waals surface area (Å²) in [5.41, 5.74) is 5.98. The predicted molar refractivity (Wildman–Crippen MR) is 39.1 cm³/mol. The molecule has 0 radical (unpaired) electrons. The smallest absolute Gasteiger partial charge is 0.0111 e. The van der Waals surface area contributed by atoms with Gasteiger partial charge in [-0.25, -0.2) is 0 Å². The Bertz CT molecular complexity index is 90.7. The van der Waals surface area contributed by atoms with Gasteiger partial charge in [0.2, 0.25) is 0 Å². The highest BCUT2D eigenvalue weighted by molar-refractivity contribution is 7.81. The molecule has 2 N–H and O–H groups in total. The lowest BCUT2D eigenvalue weighted by atomic mass is 9.67. The third-order valence-electron chi connectivity index (χ3n) is 2.29. The molecule has 0 amide bonds. The third kappa shape index (κ3) is 0.669. The van der Waals surface area contributed by atoms with Crippen LogP contribution in [-0.2, 0) is 0 Å². The van der Waals surface area contributed by atoms with Crippen molar-refractivity contribution in [3.05, 3.63) is 0 Å². The molecule has 0 saturated heterocycles. The van der Waals surface area contributed by atoms with Crippen molar-refractivity contribution < 1.29 is 0 Å². The zero-order chi connectivity index (χ0) is 6.36. The van der Waals surface area contributed by atoms with Gasteiger partial charge in [0.1, 0.15) is 0 Å². The molecule has 0 aromatic heterocycles. The average molecular weight is 131 g/mol. The predicted octanol–water partition coefficient (Wildman–Crippen LogP) is 1.04. The average Bonchev–Trinajstić information content (AvgIpc) is 1.68. The van der Waals surface area contributed by atoms with Crippen molar-refractivity contribution in [1.29, 1.82) is 0 Å². The van der Waals surface area contributed by atoms with Gasteiger partial charge in [-0.3, -0.25) is 0 Å². The molecule has 1 fully saturated rings. The molecule has 0 bridgehead atoms.